The van der Waals surface area contributed by atoms with E-state index >= 15 is 4.39 Å². The highest BCUT2D eigenvalue weighted by molar-refractivity contribution is 6.01. The minimum absolute atomic E-state index is 0. The fourth-order valence-electron chi connectivity index (χ4n) is 14.8. The summed E-state index contributed by atoms with van der Waals surface area (Å²) in [5, 5.41) is 42.0. The summed E-state index contributed by atoms with van der Waals surface area (Å²) >= 11 is 0. The molecule has 8 aliphatic rings. The third-order valence-electron chi connectivity index (χ3n) is 18.6. The lowest BCUT2D eigenvalue weighted by atomic mass is 9.44. The largest absolute Gasteiger partial charge is 0.457 e. The molecule has 0 radical (unpaired) electrons. The summed E-state index contributed by atoms with van der Waals surface area (Å²) in [7, 11) is 0. The number of carbonyl (C=O) groups is 4. The molecule has 7 fully saturated rings. The molecular formula is C56H81FO11. The van der Waals surface area contributed by atoms with Crippen molar-refractivity contribution in [1.82, 2.24) is 0 Å². The van der Waals surface area contributed by atoms with E-state index in [4.69, 9.17) is 9.47 Å². The van der Waals surface area contributed by atoms with Crippen LogP contribution in [-0.2, 0) is 28.7 Å². The Morgan fingerprint density at radius 2 is 1.69 bits per heavy atom. The molecule has 0 unspecified atom stereocenters. The molecule has 0 aliphatic heterocycles. The molecule has 6 N–H and O–H groups in total. The summed E-state index contributed by atoms with van der Waals surface area (Å²) < 4.78 is 28.7. The molecule has 0 spiro atoms. The van der Waals surface area contributed by atoms with Gasteiger partial charge in [-0.3, -0.25) is 19.2 Å². The molecule has 12 heteroatoms. The van der Waals surface area contributed by atoms with Crippen molar-refractivity contribution < 1.29 is 58.9 Å². The van der Waals surface area contributed by atoms with Crippen molar-refractivity contribution in [2.24, 2.45) is 57.7 Å². The van der Waals surface area contributed by atoms with Crippen molar-refractivity contribution in [2.45, 2.75) is 187 Å². The van der Waals surface area contributed by atoms with Gasteiger partial charge in [0.1, 0.15) is 0 Å². The molecule has 8 rings (SSSR count). The highest BCUT2D eigenvalue weighted by Gasteiger charge is 2.77. The Kier molecular flexibility index (Phi) is 16.3. The number of esters is 2. The molecule has 8 aliphatic carbocycles. The van der Waals surface area contributed by atoms with Crippen molar-refractivity contribution in [1.29, 1.82) is 0 Å². The number of rotatable bonds is 12. The fourth-order valence-corrected chi connectivity index (χ4v) is 14.8. The van der Waals surface area contributed by atoms with Gasteiger partial charge < -0.3 is 35.4 Å². The quantitative estimate of drug-likeness (QED) is 0.109. The van der Waals surface area contributed by atoms with E-state index in [0.717, 1.165) is 17.6 Å². The Morgan fingerprint density at radius 3 is 2.37 bits per heavy atom. The van der Waals surface area contributed by atoms with Crippen LogP contribution < -0.4 is 0 Å². The number of fused-ring (bicyclic) bond motifs is 6. The fraction of sp³-hybridized carbons (Fsp3) is 0.714. The number of halogens is 1. The first-order valence-electron chi connectivity index (χ1n) is 25.6. The van der Waals surface area contributed by atoms with Crippen LogP contribution >= 0.6 is 0 Å². The number of alkyl halides is 1. The number of allylic oxidation sites excluding steroid dienone is 8. The van der Waals surface area contributed by atoms with Crippen LogP contribution in [0.2, 0.25) is 0 Å². The van der Waals surface area contributed by atoms with Crippen molar-refractivity contribution in [3.8, 4) is 0 Å². The Labute approximate surface area is 403 Å². The van der Waals surface area contributed by atoms with Gasteiger partial charge in [-0.25, -0.2) is 4.39 Å². The minimum atomic E-state index is -2.06. The van der Waals surface area contributed by atoms with Gasteiger partial charge in [0.25, 0.3) is 0 Å². The van der Waals surface area contributed by atoms with Crippen molar-refractivity contribution in [3.05, 3.63) is 71.4 Å². The second-order valence-electron chi connectivity index (χ2n) is 22.5. The molecule has 0 saturated heterocycles. The summed E-state index contributed by atoms with van der Waals surface area (Å²) in [5.74, 6) is -0.986. The molecule has 15 atom stereocenters. The summed E-state index contributed by atoms with van der Waals surface area (Å²) in [4.78, 5) is 50.7. The molecular weight excluding hydrogens is 868 g/mol. The number of ether oxygens (including phenoxy) is 2. The van der Waals surface area contributed by atoms with E-state index in [1.54, 1.807) is 19.9 Å². The first-order valence-corrected chi connectivity index (χ1v) is 25.6. The highest BCUT2D eigenvalue weighted by Crippen LogP contribution is 2.71. The van der Waals surface area contributed by atoms with E-state index in [1.165, 1.54) is 56.3 Å². The second kappa shape index (κ2) is 20.7. The molecule has 0 aromatic carbocycles. The van der Waals surface area contributed by atoms with Crippen LogP contribution in [0.15, 0.2) is 71.4 Å². The van der Waals surface area contributed by atoms with E-state index in [0.29, 0.717) is 73.2 Å². The lowest BCUT2D eigenvalue weighted by molar-refractivity contribution is -0.228. The summed E-state index contributed by atoms with van der Waals surface area (Å²) in [6.07, 6.45) is 21.8. The zero-order valence-electron chi connectivity index (χ0n) is 41.7. The van der Waals surface area contributed by atoms with Gasteiger partial charge >= 0.3 is 11.9 Å². The topological polar surface area (TPSA) is 199 Å². The lowest BCUT2D eigenvalue weighted by Crippen LogP contribution is -2.70. The Bertz CT molecular complexity index is 2100. The first kappa shape index (κ1) is 53.8. The number of hydrogen-bond donors (Lipinski definition) is 4. The number of aliphatic hydroxyl groups is 4. The Hall–Kier alpha value is -3.55. The average molecular weight is 949 g/mol. The maximum absolute atomic E-state index is 17.4. The third kappa shape index (κ3) is 9.39. The SMILES string of the molecule is C=C1/C(=C\C=C2/CCC[C@]3(C)[C@@H]([C@H](C)/C=C/[C@@H](O)C4CC4)CC[C@@H]23)C[C@@H](O)C[C@@H]1O.CCCC(=O)O[C@]1(C(=O)COC(=O)CC)[C@@H](C)C[C@H]2[C@@H]3CCC4=CC(=O)C=C[C@]4(C)[C@@]3(F)[C@@H](O)C[C@@]21C.O. The van der Waals surface area contributed by atoms with Crippen molar-refractivity contribution >= 4 is 23.5 Å². The van der Waals surface area contributed by atoms with Gasteiger partial charge in [-0.2, -0.15) is 0 Å². The number of carbonyl (C=O) groups excluding carboxylic acids is 4. The molecule has 0 heterocycles. The van der Waals surface area contributed by atoms with Gasteiger partial charge in [0, 0.05) is 41.9 Å². The maximum atomic E-state index is 17.4. The summed E-state index contributed by atoms with van der Waals surface area (Å²) in [6.45, 7) is 17.2. The molecule has 68 heavy (non-hydrogen) atoms. The predicted octanol–water partition coefficient (Wildman–Crippen LogP) is 8.47. The van der Waals surface area contributed by atoms with Crippen LogP contribution in [0.25, 0.3) is 0 Å². The molecule has 7 saturated carbocycles. The van der Waals surface area contributed by atoms with E-state index in [9.17, 15) is 39.6 Å². The number of hydrogen-bond acceptors (Lipinski definition) is 10. The zero-order chi connectivity index (χ0) is 48.9. The standard InChI is InChI=1S/C29H39FO7.C27H40O3.H2O/c1-6-8-25(35)37-29(23(33)16-36-24(34)7-2)17(3)13-21-20-10-9-18-14-19(31)11-12-26(18,4)28(20,30)22(32)15-27(21,29)5;1-17(6-13-25(29)20-8-9-20)23-11-12-24-19(5-4-14-27(23,24)3)7-10-21-15-22(28)16-26(30)18(21)2;/h11-12,14,17,20-22,32H,6-10,13,15-16H2,1-5H3;6-7,10,13,17,20,22-26,28-30H,2,4-5,8-9,11-12,14-16H2,1,3H3;1H2/b;13-6+,19-7+,21-10-;/t17-,20-,21-,22-,26-,27-,28-,29-;17-,22-,23-,24+,25-,26+,27-;/m01./s1. The molecule has 0 bridgehead atoms. The smallest absolute Gasteiger partial charge is 0.306 e. The molecule has 0 aromatic rings. The molecule has 11 nitrogen and oxygen atoms in total. The first-order chi connectivity index (χ1) is 31.6. The minimum Gasteiger partial charge on any atom is -0.457 e. The van der Waals surface area contributed by atoms with Crippen molar-refractivity contribution in [2.75, 3.05) is 6.61 Å². The van der Waals surface area contributed by atoms with Gasteiger partial charge in [-0.1, -0.05) is 89.6 Å². The van der Waals surface area contributed by atoms with Gasteiger partial charge in [0.05, 0.1) is 24.4 Å². The molecule has 0 aromatic heterocycles. The van der Waals surface area contributed by atoms with Gasteiger partial charge in [-0.15, -0.1) is 0 Å². The maximum Gasteiger partial charge on any atom is 0.306 e. The van der Waals surface area contributed by atoms with E-state index in [-0.39, 0.29) is 42.5 Å². The molecule has 378 valence electrons. The number of Topliss-reactive ketones (excluding diaryl/α,β-unsaturated/α-hetero) is 1. The van der Waals surface area contributed by atoms with E-state index in [2.05, 4.69) is 44.7 Å². The average Bonchev–Trinajstić information content (AvgIpc) is 4.04. The van der Waals surface area contributed by atoms with E-state index in [1.807, 2.05) is 20.8 Å². The van der Waals surface area contributed by atoms with Crippen LogP contribution in [0, 0.1) is 57.7 Å². The highest BCUT2D eigenvalue weighted by atomic mass is 19.1. The monoisotopic (exact) mass is 949 g/mol. The van der Waals surface area contributed by atoms with Crippen LogP contribution in [0.1, 0.15) is 151 Å². The predicted molar refractivity (Wildman–Crippen MR) is 258 cm³/mol. The third-order valence-corrected chi connectivity index (χ3v) is 18.6. The normalized spacial score (nSPS) is 41.6. The number of aliphatic hydroxyl groups excluding tert-OH is 4. The number of ketones is 2. The summed E-state index contributed by atoms with van der Waals surface area (Å²) in [6, 6.07) is 0. The van der Waals surface area contributed by atoms with Gasteiger partial charge in [0.2, 0.25) is 5.78 Å². The van der Waals surface area contributed by atoms with Crippen molar-refractivity contribution in [3.63, 3.8) is 0 Å². The zero-order valence-corrected chi connectivity index (χ0v) is 41.7. The van der Waals surface area contributed by atoms with Crippen LogP contribution in [0.5, 0.6) is 0 Å². The Balaban J connectivity index is 0.000000225. The second-order valence-corrected chi connectivity index (χ2v) is 22.5. The summed E-state index contributed by atoms with van der Waals surface area (Å²) in [5.41, 5.74) is -1.63. The Morgan fingerprint density at radius 1 is 0.971 bits per heavy atom. The van der Waals surface area contributed by atoms with Gasteiger partial charge in [-0.05, 0) is 149 Å². The van der Waals surface area contributed by atoms with Crippen LogP contribution in [0.4, 0.5) is 4.39 Å². The van der Waals surface area contributed by atoms with Crippen LogP contribution in [0.3, 0.4) is 0 Å². The van der Waals surface area contributed by atoms with Crippen LogP contribution in [-0.4, -0.2) is 91.7 Å². The van der Waals surface area contributed by atoms with Gasteiger partial charge in [0.15, 0.2) is 23.7 Å². The van der Waals surface area contributed by atoms with E-state index < -0.39 is 76.6 Å². The lowest BCUT2D eigenvalue weighted by Gasteiger charge is -2.62. The molecule has 0 amide bonds.